The van der Waals surface area contributed by atoms with Gasteiger partial charge in [-0.15, -0.1) is 10.2 Å². The van der Waals surface area contributed by atoms with Crippen LogP contribution in [0, 0.1) is 0 Å². The number of aromatic nitrogens is 2. The Balaban J connectivity index is 1.48. The molecule has 0 fully saturated rings. The summed E-state index contributed by atoms with van der Waals surface area (Å²) in [5.74, 6) is -0.862. The van der Waals surface area contributed by atoms with E-state index in [0.29, 0.717) is 0 Å². The van der Waals surface area contributed by atoms with Crippen molar-refractivity contribution in [2.45, 2.75) is 44.3 Å². The van der Waals surface area contributed by atoms with E-state index in [0.717, 1.165) is 24.8 Å². The van der Waals surface area contributed by atoms with Crippen molar-refractivity contribution < 1.29 is 22.8 Å². The van der Waals surface area contributed by atoms with Crippen LogP contribution in [-0.4, -0.2) is 22.0 Å². The zero-order valence-electron chi connectivity index (χ0n) is 14.2. The number of hydrogen-bond acceptors (Lipinski definition) is 5. The van der Waals surface area contributed by atoms with E-state index in [4.69, 9.17) is 0 Å². The molecule has 2 N–H and O–H groups in total. The first-order valence-electron chi connectivity index (χ1n) is 8.40. The Morgan fingerprint density at radius 1 is 1.15 bits per heavy atom. The molecule has 0 aliphatic heterocycles. The Morgan fingerprint density at radius 2 is 1.89 bits per heavy atom. The fourth-order valence-corrected chi connectivity index (χ4v) is 3.59. The summed E-state index contributed by atoms with van der Waals surface area (Å²) in [5.41, 5.74) is 2.30. The second kappa shape index (κ2) is 8.03. The average molecular weight is 398 g/mol. The third-order valence-electron chi connectivity index (χ3n) is 4.20. The molecule has 2 aromatic rings. The lowest BCUT2D eigenvalue weighted by atomic mass is 9.87. The molecule has 1 aromatic carbocycles. The van der Waals surface area contributed by atoms with Gasteiger partial charge in [-0.2, -0.15) is 13.2 Å². The predicted molar refractivity (Wildman–Crippen MR) is 93.0 cm³/mol. The Kier molecular flexibility index (Phi) is 5.73. The highest BCUT2D eigenvalue weighted by molar-refractivity contribution is 7.15. The standard InChI is InChI=1S/C17H17F3N4O2S/c18-17(19,20)15-23-24-16(27-15)22-14(26)9-8-13(25)21-12-7-3-5-10-4-1-2-6-11(10)12/h1-2,4,6,12H,3,5,7-9H2,(H,21,25)(H,22,24,26). The number of rotatable bonds is 5. The van der Waals surface area contributed by atoms with Crippen LogP contribution >= 0.6 is 11.3 Å². The van der Waals surface area contributed by atoms with Gasteiger partial charge in [0.05, 0.1) is 6.04 Å². The lowest BCUT2D eigenvalue weighted by molar-refractivity contribution is -0.138. The minimum Gasteiger partial charge on any atom is -0.349 e. The fraction of sp³-hybridized carbons (Fsp3) is 0.412. The topological polar surface area (TPSA) is 84.0 Å². The summed E-state index contributed by atoms with van der Waals surface area (Å²) in [6, 6.07) is 7.83. The second-order valence-electron chi connectivity index (χ2n) is 6.17. The number of fused-ring (bicyclic) bond motifs is 1. The van der Waals surface area contributed by atoms with Gasteiger partial charge in [0.15, 0.2) is 0 Å². The van der Waals surface area contributed by atoms with Crippen LogP contribution in [0.2, 0.25) is 0 Å². The van der Waals surface area contributed by atoms with E-state index in [-0.39, 0.29) is 41.3 Å². The third-order valence-corrected chi connectivity index (χ3v) is 5.08. The molecule has 0 bridgehead atoms. The molecule has 1 aromatic heterocycles. The molecular weight excluding hydrogens is 381 g/mol. The molecule has 2 amide bonds. The number of nitrogens with one attached hydrogen (secondary N) is 2. The zero-order valence-corrected chi connectivity index (χ0v) is 15.0. The van der Waals surface area contributed by atoms with E-state index >= 15 is 0 Å². The van der Waals surface area contributed by atoms with Crippen LogP contribution in [0.4, 0.5) is 18.3 Å². The largest absolute Gasteiger partial charge is 0.445 e. The van der Waals surface area contributed by atoms with Gasteiger partial charge in [-0.05, 0) is 30.4 Å². The maximum absolute atomic E-state index is 12.5. The van der Waals surface area contributed by atoms with Crippen LogP contribution in [0.15, 0.2) is 24.3 Å². The monoisotopic (exact) mass is 398 g/mol. The van der Waals surface area contributed by atoms with Crippen molar-refractivity contribution in [2.75, 3.05) is 5.32 Å². The van der Waals surface area contributed by atoms with Crippen molar-refractivity contribution >= 4 is 28.3 Å². The highest BCUT2D eigenvalue weighted by Crippen LogP contribution is 2.33. The molecule has 0 radical (unpaired) electrons. The molecule has 0 saturated heterocycles. The van der Waals surface area contributed by atoms with E-state index in [2.05, 4.69) is 20.8 Å². The summed E-state index contributed by atoms with van der Waals surface area (Å²) < 4.78 is 37.4. The smallest absolute Gasteiger partial charge is 0.349 e. The van der Waals surface area contributed by atoms with Crippen molar-refractivity contribution in [1.82, 2.24) is 15.5 Å². The molecular formula is C17H17F3N4O2S. The molecule has 0 spiro atoms. The summed E-state index contributed by atoms with van der Waals surface area (Å²) in [7, 11) is 0. The van der Waals surface area contributed by atoms with Crippen molar-refractivity contribution in [3.8, 4) is 0 Å². The first kappa shape index (κ1) is 19.3. The van der Waals surface area contributed by atoms with Gasteiger partial charge in [0, 0.05) is 12.8 Å². The van der Waals surface area contributed by atoms with E-state index < -0.39 is 17.1 Å². The van der Waals surface area contributed by atoms with Crippen molar-refractivity contribution in [1.29, 1.82) is 0 Å². The molecule has 144 valence electrons. The van der Waals surface area contributed by atoms with Crippen LogP contribution < -0.4 is 10.6 Å². The predicted octanol–water partition coefficient (Wildman–Crippen LogP) is 3.47. The number of halogens is 3. The Labute approximate surface area is 157 Å². The minimum atomic E-state index is -4.60. The second-order valence-corrected chi connectivity index (χ2v) is 7.15. The maximum Gasteiger partial charge on any atom is 0.445 e. The van der Waals surface area contributed by atoms with E-state index in [1.165, 1.54) is 5.56 Å². The van der Waals surface area contributed by atoms with Gasteiger partial charge in [-0.1, -0.05) is 35.6 Å². The van der Waals surface area contributed by atoms with Crippen molar-refractivity contribution in [2.24, 2.45) is 0 Å². The first-order chi connectivity index (χ1) is 12.8. The minimum absolute atomic E-state index is 0.0601. The molecule has 10 heteroatoms. The van der Waals surface area contributed by atoms with E-state index in [1.807, 2.05) is 24.3 Å². The molecule has 1 unspecified atom stereocenters. The molecule has 27 heavy (non-hydrogen) atoms. The zero-order chi connectivity index (χ0) is 19.4. The van der Waals surface area contributed by atoms with E-state index in [1.54, 1.807) is 0 Å². The van der Waals surface area contributed by atoms with Gasteiger partial charge in [-0.3, -0.25) is 9.59 Å². The summed E-state index contributed by atoms with van der Waals surface area (Å²) in [6.45, 7) is 0. The Hall–Kier alpha value is -2.49. The third kappa shape index (κ3) is 5.03. The Bertz CT molecular complexity index is 838. The number of nitrogens with zero attached hydrogens (tertiary/aromatic N) is 2. The van der Waals surface area contributed by atoms with Gasteiger partial charge in [0.2, 0.25) is 22.0 Å². The van der Waals surface area contributed by atoms with Crippen LogP contribution in [0.5, 0.6) is 0 Å². The van der Waals surface area contributed by atoms with Gasteiger partial charge in [0.1, 0.15) is 0 Å². The molecule has 0 saturated carbocycles. The summed E-state index contributed by atoms with van der Waals surface area (Å²) in [4.78, 5) is 24.0. The SMILES string of the molecule is O=C(CCC(=O)NC1CCCc2ccccc21)Nc1nnc(C(F)(F)F)s1. The number of anilines is 1. The number of carbonyl (C=O) groups excluding carboxylic acids is 2. The Morgan fingerprint density at radius 3 is 2.63 bits per heavy atom. The summed E-state index contributed by atoms with van der Waals surface area (Å²) in [6.07, 6.45) is -2.03. The molecule has 1 atom stereocenters. The van der Waals surface area contributed by atoms with Gasteiger partial charge in [0.25, 0.3) is 0 Å². The van der Waals surface area contributed by atoms with Crippen molar-refractivity contribution in [3.63, 3.8) is 0 Å². The number of hydrogen-bond donors (Lipinski definition) is 2. The highest BCUT2D eigenvalue weighted by Gasteiger charge is 2.35. The number of alkyl halides is 3. The van der Waals surface area contributed by atoms with E-state index in [9.17, 15) is 22.8 Å². The summed E-state index contributed by atoms with van der Waals surface area (Å²) in [5, 5.41) is 10.1. The number of amides is 2. The van der Waals surface area contributed by atoms with Gasteiger partial charge < -0.3 is 10.6 Å². The first-order valence-corrected chi connectivity index (χ1v) is 9.22. The number of benzene rings is 1. The van der Waals surface area contributed by atoms with Gasteiger partial charge >= 0.3 is 6.18 Å². The molecule has 1 aliphatic carbocycles. The van der Waals surface area contributed by atoms with Crippen LogP contribution in [-0.2, 0) is 22.2 Å². The fourth-order valence-electron chi connectivity index (χ4n) is 2.97. The molecule has 6 nitrogen and oxygen atoms in total. The van der Waals surface area contributed by atoms with Crippen LogP contribution in [0.1, 0.15) is 47.9 Å². The molecule has 1 heterocycles. The van der Waals surface area contributed by atoms with Crippen molar-refractivity contribution in [3.05, 3.63) is 40.4 Å². The normalized spacial score (nSPS) is 16.5. The quantitative estimate of drug-likeness (QED) is 0.808. The maximum atomic E-state index is 12.5. The summed E-state index contributed by atoms with van der Waals surface area (Å²) >= 11 is 0.243. The molecule has 3 rings (SSSR count). The van der Waals surface area contributed by atoms with Crippen LogP contribution in [0.3, 0.4) is 0 Å². The number of aryl methyl sites for hydroxylation is 1. The number of carbonyl (C=O) groups is 2. The van der Waals surface area contributed by atoms with Gasteiger partial charge in [-0.25, -0.2) is 0 Å². The lowest BCUT2D eigenvalue weighted by Gasteiger charge is -2.26. The highest BCUT2D eigenvalue weighted by atomic mass is 32.1. The lowest BCUT2D eigenvalue weighted by Crippen LogP contribution is -2.31. The van der Waals surface area contributed by atoms with Crippen LogP contribution in [0.25, 0.3) is 0 Å². The average Bonchev–Trinajstić information content (AvgIpc) is 3.09. The molecule has 1 aliphatic rings.